The van der Waals surface area contributed by atoms with Gasteiger partial charge in [-0.05, 0) is 6.07 Å². The molecule has 3 heteroatoms. The van der Waals surface area contributed by atoms with Crippen LogP contribution in [0.5, 0.6) is 0 Å². The number of hydrogen-bond donors (Lipinski definition) is 1. The summed E-state index contributed by atoms with van der Waals surface area (Å²) in [5.41, 5.74) is 1.89. The van der Waals surface area contributed by atoms with E-state index in [0.717, 1.165) is 11.1 Å². The van der Waals surface area contributed by atoms with Crippen molar-refractivity contribution in [3.05, 3.63) is 46.7 Å². The Labute approximate surface area is 86.3 Å². The molecule has 0 spiro atoms. The van der Waals surface area contributed by atoms with E-state index in [-0.39, 0.29) is 0 Å². The van der Waals surface area contributed by atoms with Crippen molar-refractivity contribution in [2.24, 2.45) is 0 Å². The number of halogens is 2. The molecule has 1 aromatic carbocycles. The van der Waals surface area contributed by atoms with Crippen LogP contribution in [0.15, 0.2) is 36.7 Å². The highest BCUT2D eigenvalue weighted by Gasteiger charge is 2.06. The third kappa shape index (κ3) is 1.58. The monoisotopic (exact) mass is 211 g/mol. The van der Waals surface area contributed by atoms with Crippen molar-refractivity contribution in [1.82, 2.24) is 4.98 Å². The first kappa shape index (κ1) is 8.67. The van der Waals surface area contributed by atoms with Crippen LogP contribution in [0, 0.1) is 0 Å². The molecule has 0 aliphatic rings. The van der Waals surface area contributed by atoms with Gasteiger partial charge in [0.1, 0.15) is 0 Å². The fourth-order valence-corrected chi connectivity index (χ4v) is 1.69. The molecule has 0 saturated carbocycles. The number of rotatable bonds is 1. The molecule has 0 aliphatic heterocycles. The summed E-state index contributed by atoms with van der Waals surface area (Å²) < 4.78 is 0. The van der Waals surface area contributed by atoms with Crippen molar-refractivity contribution in [2.45, 2.75) is 0 Å². The van der Waals surface area contributed by atoms with Gasteiger partial charge in [0.2, 0.25) is 0 Å². The van der Waals surface area contributed by atoms with Gasteiger partial charge in [-0.15, -0.1) is 0 Å². The van der Waals surface area contributed by atoms with Gasteiger partial charge in [0.25, 0.3) is 0 Å². The van der Waals surface area contributed by atoms with Crippen LogP contribution in [0.2, 0.25) is 10.0 Å². The van der Waals surface area contributed by atoms with Crippen LogP contribution >= 0.6 is 23.2 Å². The molecule has 1 nitrogen and oxygen atoms in total. The Morgan fingerprint density at radius 3 is 2.23 bits per heavy atom. The number of benzene rings is 1. The molecule has 66 valence electrons. The summed E-state index contributed by atoms with van der Waals surface area (Å²) in [5, 5.41) is 1.40. The van der Waals surface area contributed by atoms with Crippen LogP contribution < -0.4 is 0 Å². The second-order valence-electron chi connectivity index (χ2n) is 2.70. The first-order valence-corrected chi connectivity index (χ1v) is 4.62. The first-order valence-electron chi connectivity index (χ1n) is 3.86. The minimum atomic E-state index is 0.688. The van der Waals surface area contributed by atoms with E-state index in [1.807, 2.05) is 30.5 Å². The zero-order chi connectivity index (χ0) is 9.26. The number of H-pyrrole nitrogens is 1. The minimum absolute atomic E-state index is 0.688. The molecular formula is C10H7Cl2N. The van der Waals surface area contributed by atoms with Crippen molar-refractivity contribution >= 4 is 23.2 Å². The molecule has 1 aromatic heterocycles. The third-order valence-corrected chi connectivity index (χ3v) is 2.50. The normalized spacial score (nSPS) is 10.3. The Kier molecular flexibility index (Phi) is 2.30. The first-order chi connectivity index (χ1) is 6.29. The molecule has 0 radical (unpaired) electrons. The molecule has 0 bridgehead atoms. The average Bonchev–Trinajstić information content (AvgIpc) is 2.52. The predicted octanol–water partition coefficient (Wildman–Crippen LogP) is 3.99. The third-order valence-electron chi connectivity index (χ3n) is 1.86. The van der Waals surface area contributed by atoms with E-state index in [9.17, 15) is 0 Å². The van der Waals surface area contributed by atoms with E-state index in [0.29, 0.717) is 10.0 Å². The van der Waals surface area contributed by atoms with Crippen LogP contribution in [0.1, 0.15) is 0 Å². The topological polar surface area (TPSA) is 15.8 Å². The maximum Gasteiger partial charge on any atom is 0.0659 e. The molecule has 0 atom stereocenters. The summed E-state index contributed by atoms with van der Waals surface area (Å²) in [4.78, 5) is 2.93. The molecule has 1 heterocycles. The highest BCUT2D eigenvalue weighted by molar-refractivity contribution is 6.36. The second-order valence-corrected chi connectivity index (χ2v) is 3.51. The van der Waals surface area contributed by atoms with Gasteiger partial charge in [-0.2, -0.15) is 0 Å². The summed E-state index contributed by atoms with van der Waals surface area (Å²) in [6.45, 7) is 0. The lowest BCUT2D eigenvalue weighted by molar-refractivity contribution is 1.41. The Hall–Kier alpha value is -0.920. The van der Waals surface area contributed by atoms with Gasteiger partial charge >= 0.3 is 0 Å². The predicted molar refractivity (Wildman–Crippen MR) is 56.2 cm³/mol. The lowest BCUT2D eigenvalue weighted by Gasteiger charge is -2.00. The number of aromatic amines is 1. The van der Waals surface area contributed by atoms with Gasteiger partial charge in [-0.3, -0.25) is 0 Å². The van der Waals surface area contributed by atoms with E-state index in [1.54, 1.807) is 6.20 Å². The Morgan fingerprint density at radius 1 is 0.846 bits per heavy atom. The van der Waals surface area contributed by atoms with Crippen LogP contribution in [-0.4, -0.2) is 4.98 Å². The van der Waals surface area contributed by atoms with Crippen LogP contribution in [0.25, 0.3) is 11.1 Å². The number of aromatic nitrogens is 1. The molecule has 0 amide bonds. The SMILES string of the molecule is Clc1ccccc1-c1c[nH]cc1Cl. The standard InChI is InChI=1S/C10H7Cl2N/c11-9-4-2-1-3-7(9)8-5-13-6-10(8)12/h1-6,13H. The zero-order valence-corrected chi connectivity index (χ0v) is 8.23. The smallest absolute Gasteiger partial charge is 0.0659 e. The molecule has 0 unspecified atom stereocenters. The Morgan fingerprint density at radius 2 is 1.62 bits per heavy atom. The van der Waals surface area contributed by atoms with Crippen molar-refractivity contribution in [2.75, 3.05) is 0 Å². The Balaban J connectivity index is 2.59. The van der Waals surface area contributed by atoms with E-state index in [4.69, 9.17) is 23.2 Å². The lowest BCUT2D eigenvalue weighted by Crippen LogP contribution is -1.75. The van der Waals surface area contributed by atoms with Crippen LogP contribution in [0.4, 0.5) is 0 Å². The van der Waals surface area contributed by atoms with Gasteiger partial charge < -0.3 is 4.98 Å². The van der Waals surface area contributed by atoms with Crippen molar-refractivity contribution < 1.29 is 0 Å². The number of hydrogen-bond acceptors (Lipinski definition) is 0. The van der Waals surface area contributed by atoms with E-state index >= 15 is 0 Å². The molecule has 1 N–H and O–H groups in total. The molecular weight excluding hydrogens is 205 g/mol. The summed E-state index contributed by atoms with van der Waals surface area (Å²) in [7, 11) is 0. The summed E-state index contributed by atoms with van der Waals surface area (Å²) in [6.07, 6.45) is 3.57. The minimum Gasteiger partial charge on any atom is -0.366 e. The largest absolute Gasteiger partial charge is 0.366 e. The van der Waals surface area contributed by atoms with E-state index in [1.165, 1.54) is 0 Å². The van der Waals surface area contributed by atoms with Crippen LogP contribution in [-0.2, 0) is 0 Å². The van der Waals surface area contributed by atoms with Gasteiger partial charge in [-0.1, -0.05) is 41.4 Å². The highest BCUT2D eigenvalue weighted by Crippen LogP contribution is 2.32. The fraction of sp³-hybridized carbons (Fsp3) is 0. The average molecular weight is 212 g/mol. The second kappa shape index (κ2) is 3.44. The summed E-state index contributed by atoms with van der Waals surface area (Å²) >= 11 is 12.0. The van der Waals surface area contributed by atoms with Gasteiger partial charge in [0.15, 0.2) is 0 Å². The van der Waals surface area contributed by atoms with Gasteiger partial charge in [-0.25, -0.2) is 0 Å². The van der Waals surface area contributed by atoms with Gasteiger partial charge in [0, 0.05) is 28.5 Å². The van der Waals surface area contributed by atoms with Crippen molar-refractivity contribution in [3.63, 3.8) is 0 Å². The molecule has 0 aliphatic carbocycles. The Bertz CT molecular complexity index is 420. The number of nitrogens with one attached hydrogen (secondary N) is 1. The zero-order valence-electron chi connectivity index (χ0n) is 6.72. The molecule has 2 aromatic rings. The summed E-state index contributed by atoms with van der Waals surface area (Å²) in [6, 6.07) is 7.62. The molecule has 13 heavy (non-hydrogen) atoms. The molecule has 0 saturated heterocycles. The van der Waals surface area contributed by atoms with Gasteiger partial charge in [0.05, 0.1) is 5.02 Å². The van der Waals surface area contributed by atoms with E-state index in [2.05, 4.69) is 4.98 Å². The van der Waals surface area contributed by atoms with Crippen LogP contribution in [0.3, 0.4) is 0 Å². The molecule has 0 fully saturated rings. The lowest BCUT2D eigenvalue weighted by atomic mass is 10.1. The summed E-state index contributed by atoms with van der Waals surface area (Å²) in [5.74, 6) is 0. The fourth-order valence-electron chi connectivity index (χ4n) is 1.23. The quantitative estimate of drug-likeness (QED) is 0.735. The van der Waals surface area contributed by atoms with Crippen molar-refractivity contribution in [1.29, 1.82) is 0 Å². The molecule has 2 rings (SSSR count). The van der Waals surface area contributed by atoms with E-state index < -0.39 is 0 Å². The highest BCUT2D eigenvalue weighted by atomic mass is 35.5. The van der Waals surface area contributed by atoms with Crippen molar-refractivity contribution in [3.8, 4) is 11.1 Å². The maximum absolute atomic E-state index is 6.02. The maximum atomic E-state index is 6.02.